The first-order valence-corrected chi connectivity index (χ1v) is 6.51. The fourth-order valence-electron chi connectivity index (χ4n) is 1.47. The van der Waals surface area contributed by atoms with Gasteiger partial charge in [0, 0.05) is 25.4 Å². The Bertz CT molecular complexity index is 376. The number of nitrogens with one attached hydrogen (secondary N) is 1. The predicted octanol–water partition coefficient (Wildman–Crippen LogP) is 0.854. The van der Waals surface area contributed by atoms with Crippen LogP contribution in [-0.2, 0) is 7.05 Å². The monoisotopic (exact) mass is 260 g/mol. The van der Waals surface area contributed by atoms with Gasteiger partial charge in [-0.3, -0.25) is 4.57 Å². The lowest BCUT2D eigenvalue weighted by molar-refractivity contribution is -0.388. The van der Waals surface area contributed by atoms with Crippen molar-refractivity contribution in [3.05, 3.63) is 16.4 Å². The number of aliphatic hydroxyl groups is 1. The van der Waals surface area contributed by atoms with Gasteiger partial charge in [0.05, 0.1) is 0 Å². The summed E-state index contributed by atoms with van der Waals surface area (Å²) >= 11 is 1.62. The summed E-state index contributed by atoms with van der Waals surface area (Å²) in [6.07, 6.45) is 3.89. The molecule has 1 rings (SSSR count). The van der Waals surface area contributed by atoms with E-state index in [4.69, 9.17) is 5.11 Å². The maximum Gasteiger partial charge on any atom is 0.406 e. The van der Waals surface area contributed by atoms with Gasteiger partial charge >= 0.3 is 5.82 Å². The third kappa shape index (κ3) is 3.60. The lowest BCUT2D eigenvalue weighted by atomic mass is 10.2. The van der Waals surface area contributed by atoms with Crippen LogP contribution in [-0.4, -0.2) is 44.2 Å². The molecule has 0 amide bonds. The van der Waals surface area contributed by atoms with Crippen LogP contribution < -0.4 is 5.32 Å². The van der Waals surface area contributed by atoms with Crippen LogP contribution in [0.1, 0.15) is 6.42 Å². The zero-order chi connectivity index (χ0) is 12.8. The van der Waals surface area contributed by atoms with Crippen LogP contribution in [0.25, 0.3) is 0 Å². The van der Waals surface area contributed by atoms with E-state index in [0.29, 0.717) is 12.2 Å². The minimum absolute atomic E-state index is 0.0101. The van der Waals surface area contributed by atoms with Crippen molar-refractivity contribution < 1.29 is 10.0 Å². The minimum atomic E-state index is -0.516. The standard InChI is InChI=1S/C9H16N4O3S/c1-12-6-10-8(13(15)16)9(12)11-7(3-4-14)5-17-2/h6-7,11,14H,3-5H2,1-2H3/t7-/m1/s1. The van der Waals surface area contributed by atoms with Crippen molar-refractivity contribution >= 4 is 23.4 Å². The second-order valence-corrected chi connectivity index (χ2v) is 4.50. The molecule has 0 aromatic carbocycles. The molecule has 1 aromatic rings. The summed E-state index contributed by atoms with van der Waals surface area (Å²) in [6.45, 7) is 0.0455. The van der Waals surface area contributed by atoms with Gasteiger partial charge in [-0.2, -0.15) is 11.8 Å². The molecule has 96 valence electrons. The quantitative estimate of drug-likeness (QED) is 0.558. The van der Waals surface area contributed by atoms with Gasteiger partial charge in [-0.05, 0) is 22.6 Å². The molecule has 0 aliphatic rings. The van der Waals surface area contributed by atoms with Crippen molar-refractivity contribution in [3.63, 3.8) is 0 Å². The lowest BCUT2D eigenvalue weighted by Gasteiger charge is -2.17. The van der Waals surface area contributed by atoms with Crippen LogP contribution in [0, 0.1) is 10.1 Å². The zero-order valence-corrected chi connectivity index (χ0v) is 10.6. The SMILES string of the molecule is CSC[C@@H](CCO)Nc1c([N+](=O)[O-])ncn1C. The number of imidazole rings is 1. The van der Waals surface area contributed by atoms with Gasteiger partial charge in [-0.1, -0.05) is 0 Å². The Morgan fingerprint density at radius 1 is 1.76 bits per heavy atom. The summed E-state index contributed by atoms with van der Waals surface area (Å²) in [6, 6.07) is -0.0101. The summed E-state index contributed by atoms with van der Waals surface area (Å²) in [5, 5.41) is 22.8. The smallest absolute Gasteiger partial charge is 0.396 e. The molecule has 17 heavy (non-hydrogen) atoms. The Morgan fingerprint density at radius 3 is 3.00 bits per heavy atom. The molecule has 0 fully saturated rings. The fraction of sp³-hybridized carbons (Fsp3) is 0.667. The maximum atomic E-state index is 10.8. The second-order valence-electron chi connectivity index (χ2n) is 3.59. The first kappa shape index (κ1) is 13.8. The summed E-state index contributed by atoms with van der Waals surface area (Å²) in [5.74, 6) is 0.960. The molecule has 0 bridgehead atoms. The molecule has 2 N–H and O–H groups in total. The van der Waals surface area contributed by atoms with Crippen LogP contribution in [0.4, 0.5) is 11.6 Å². The number of thioether (sulfide) groups is 1. The highest BCUT2D eigenvalue weighted by Gasteiger charge is 2.22. The van der Waals surface area contributed by atoms with E-state index in [1.165, 1.54) is 6.33 Å². The van der Waals surface area contributed by atoms with Crippen molar-refractivity contribution in [1.29, 1.82) is 0 Å². The number of rotatable bonds is 7. The molecule has 1 atom stereocenters. The van der Waals surface area contributed by atoms with Crippen LogP contribution in [0.3, 0.4) is 0 Å². The normalized spacial score (nSPS) is 12.4. The van der Waals surface area contributed by atoms with Gasteiger partial charge in [0.15, 0.2) is 0 Å². The number of hydrogen-bond acceptors (Lipinski definition) is 6. The van der Waals surface area contributed by atoms with Crippen molar-refractivity contribution in [2.24, 2.45) is 7.05 Å². The van der Waals surface area contributed by atoms with E-state index in [-0.39, 0.29) is 18.5 Å². The van der Waals surface area contributed by atoms with Gasteiger partial charge < -0.3 is 20.5 Å². The maximum absolute atomic E-state index is 10.8. The van der Waals surface area contributed by atoms with Crippen molar-refractivity contribution in [2.45, 2.75) is 12.5 Å². The molecule has 8 heteroatoms. The number of nitrogens with zero attached hydrogens (tertiary/aromatic N) is 3. The summed E-state index contributed by atoms with van der Waals surface area (Å²) < 4.78 is 1.57. The summed E-state index contributed by atoms with van der Waals surface area (Å²) in [4.78, 5) is 14.0. The summed E-state index contributed by atoms with van der Waals surface area (Å²) in [5.41, 5.74) is 0. The van der Waals surface area contributed by atoms with Crippen LogP contribution >= 0.6 is 11.8 Å². The van der Waals surface area contributed by atoms with Gasteiger partial charge in [-0.15, -0.1) is 0 Å². The molecule has 0 aliphatic carbocycles. The number of aryl methyl sites for hydroxylation is 1. The third-order valence-corrected chi connectivity index (χ3v) is 3.01. The Labute approximate surface area is 103 Å². The Balaban J connectivity index is 2.83. The van der Waals surface area contributed by atoms with Crippen molar-refractivity contribution in [3.8, 4) is 0 Å². The number of aliphatic hydroxyl groups excluding tert-OH is 1. The summed E-state index contributed by atoms with van der Waals surface area (Å²) in [7, 11) is 1.69. The molecule has 0 spiro atoms. The Kier molecular flexibility index (Phi) is 5.23. The molecule has 0 saturated carbocycles. The second kappa shape index (κ2) is 6.45. The number of anilines is 1. The third-order valence-electron chi connectivity index (χ3n) is 2.28. The first-order chi connectivity index (χ1) is 8.10. The van der Waals surface area contributed by atoms with Gasteiger partial charge in [0.1, 0.15) is 0 Å². The highest BCUT2D eigenvalue weighted by molar-refractivity contribution is 7.98. The van der Waals surface area contributed by atoms with E-state index in [1.807, 2.05) is 6.26 Å². The number of nitro groups is 1. The topological polar surface area (TPSA) is 93.2 Å². The molecule has 0 saturated heterocycles. The van der Waals surface area contributed by atoms with Gasteiger partial charge in [-0.25, -0.2) is 0 Å². The van der Waals surface area contributed by atoms with Crippen molar-refractivity contribution in [2.75, 3.05) is 23.9 Å². The van der Waals surface area contributed by atoms with Crippen LogP contribution in [0.15, 0.2) is 6.33 Å². The van der Waals surface area contributed by atoms with Gasteiger partial charge in [0.25, 0.3) is 0 Å². The van der Waals surface area contributed by atoms with E-state index in [0.717, 1.165) is 5.75 Å². The highest BCUT2D eigenvalue weighted by atomic mass is 32.2. The average Bonchev–Trinajstić information content (AvgIpc) is 2.61. The molecule has 7 nitrogen and oxygen atoms in total. The molecule has 1 heterocycles. The number of aromatic nitrogens is 2. The van der Waals surface area contributed by atoms with E-state index >= 15 is 0 Å². The fourth-order valence-corrected chi connectivity index (χ4v) is 2.12. The van der Waals surface area contributed by atoms with E-state index in [1.54, 1.807) is 23.4 Å². The van der Waals surface area contributed by atoms with Gasteiger partial charge in [0.2, 0.25) is 12.1 Å². The zero-order valence-electron chi connectivity index (χ0n) is 9.79. The minimum Gasteiger partial charge on any atom is -0.396 e. The number of hydrogen-bond donors (Lipinski definition) is 2. The van der Waals surface area contributed by atoms with Crippen molar-refractivity contribution in [1.82, 2.24) is 9.55 Å². The Hall–Kier alpha value is -1.28. The largest absolute Gasteiger partial charge is 0.406 e. The molecule has 0 aliphatic heterocycles. The molecular weight excluding hydrogens is 244 g/mol. The van der Waals surface area contributed by atoms with Crippen LogP contribution in [0.2, 0.25) is 0 Å². The molecular formula is C9H16N4O3S. The Morgan fingerprint density at radius 2 is 2.47 bits per heavy atom. The van der Waals surface area contributed by atoms with E-state index in [2.05, 4.69) is 10.3 Å². The first-order valence-electron chi connectivity index (χ1n) is 5.12. The molecule has 1 aromatic heterocycles. The van der Waals surface area contributed by atoms with E-state index in [9.17, 15) is 10.1 Å². The highest BCUT2D eigenvalue weighted by Crippen LogP contribution is 2.23. The van der Waals surface area contributed by atoms with E-state index < -0.39 is 4.92 Å². The predicted molar refractivity (Wildman–Crippen MR) is 67.4 cm³/mol. The molecule has 0 unspecified atom stereocenters. The molecule has 0 radical (unpaired) electrons. The average molecular weight is 260 g/mol. The lowest BCUT2D eigenvalue weighted by Crippen LogP contribution is -2.25. The van der Waals surface area contributed by atoms with Crippen LogP contribution in [0.5, 0.6) is 0 Å².